The highest BCUT2D eigenvalue weighted by atomic mass is 16.6. The van der Waals surface area contributed by atoms with E-state index in [1.54, 1.807) is 5.57 Å². The number of allylic oxidation sites excluding steroid dienone is 1. The lowest BCUT2D eigenvalue weighted by Crippen LogP contribution is -2.50. The third kappa shape index (κ3) is 3.24. The average Bonchev–Trinajstić information content (AvgIpc) is 3.28. The summed E-state index contributed by atoms with van der Waals surface area (Å²) in [7, 11) is 0. The van der Waals surface area contributed by atoms with Gasteiger partial charge in [0.05, 0.1) is 23.4 Å². The van der Waals surface area contributed by atoms with Gasteiger partial charge >= 0.3 is 0 Å². The van der Waals surface area contributed by atoms with Crippen molar-refractivity contribution in [1.82, 2.24) is 0 Å². The maximum Gasteiger partial charge on any atom is 0.0957 e. The van der Waals surface area contributed by atoms with Crippen LogP contribution in [0.4, 0.5) is 0 Å². The molecule has 11 unspecified atom stereocenters. The highest BCUT2D eigenvalue weighted by Crippen LogP contribution is 2.70. The van der Waals surface area contributed by atoms with E-state index in [2.05, 4.69) is 13.8 Å². The van der Waals surface area contributed by atoms with Crippen LogP contribution in [0, 0.1) is 46.3 Å². The van der Waals surface area contributed by atoms with Crippen molar-refractivity contribution in [1.29, 1.82) is 0 Å². The molecule has 1 heterocycles. The molecule has 0 aromatic rings. The highest BCUT2D eigenvalue weighted by Gasteiger charge is 2.70. The zero-order chi connectivity index (χ0) is 23.5. The molecule has 0 radical (unpaired) electrons. The summed E-state index contributed by atoms with van der Waals surface area (Å²) in [6.45, 7) is 9.80. The van der Waals surface area contributed by atoms with Crippen molar-refractivity contribution >= 4 is 0 Å². The Bertz CT molecular complexity index is 865. The van der Waals surface area contributed by atoms with Gasteiger partial charge in [-0.3, -0.25) is 0 Å². The topological polar surface area (TPSA) is 53.0 Å². The van der Waals surface area contributed by atoms with Gasteiger partial charge in [-0.25, -0.2) is 0 Å². The van der Waals surface area contributed by atoms with Crippen LogP contribution in [0.3, 0.4) is 0 Å². The van der Waals surface area contributed by atoms with Gasteiger partial charge in [-0.1, -0.05) is 32.4 Å². The molecule has 1 saturated heterocycles. The lowest BCUT2D eigenvalue weighted by Gasteiger charge is -2.57. The van der Waals surface area contributed by atoms with Gasteiger partial charge < -0.3 is 14.9 Å². The van der Waals surface area contributed by atoms with E-state index in [1.165, 1.54) is 64.2 Å². The van der Waals surface area contributed by atoms with Crippen LogP contribution in [0.2, 0.25) is 0 Å². The lowest BCUT2D eigenvalue weighted by molar-refractivity contribution is -0.127. The van der Waals surface area contributed by atoms with Crippen LogP contribution in [0.15, 0.2) is 12.2 Å². The summed E-state index contributed by atoms with van der Waals surface area (Å²) in [6.07, 6.45) is 17.8. The zero-order valence-electron chi connectivity index (χ0n) is 21.7. The SMILES string of the molecule is C=C1CC2(CCC(C3CCC4CCC(O)CC4(O)C3)C2)C2OC23CCCC(C3)C2C1CC2(C)C. The van der Waals surface area contributed by atoms with E-state index in [9.17, 15) is 10.2 Å². The van der Waals surface area contributed by atoms with Crippen molar-refractivity contribution in [2.75, 3.05) is 0 Å². The molecule has 7 fully saturated rings. The van der Waals surface area contributed by atoms with Gasteiger partial charge in [0.15, 0.2) is 0 Å². The Morgan fingerprint density at radius 2 is 1.65 bits per heavy atom. The molecule has 7 aliphatic rings. The van der Waals surface area contributed by atoms with Crippen LogP contribution < -0.4 is 0 Å². The Morgan fingerprint density at radius 3 is 2.47 bits per heavy atom. The van der Waals surface area contributed by atoms with Gasteiger partial charge in [-0.05, 0) is 124 Å². The number of aliphatic hydroxyl groups excluding tert-OH is 1. The first-order chi connectivity index (χ1) is 16.1. The minimum atomic E-state index is -0.614. The van der Waals surface area contributed by atoms with E-state index >= 15 is 0 Å². The molecule has 2 N–H and O–H groups in total. The van der Waals surface area contributed by atoms with Crippen molar-refractivity contribution in [3.8, 4) is 0 Å². The molecule has 2 spiro atoms. The van der Waals surface area contributed by atoms with E-state index in [-0.39, 0.29) is 11.7 Å². The summed E-state index contributed by atoms with van der Waals surface area (Å²) >= 11 is 0. The second-order valence-corrected chi connectivity index (χ2v) is 15.2. The molecule has 6 aliphatic carbocycles. The summed E-state index contributed by atoms with van der Waals surface area (Å²) in [4.78, 5) is 0. The summed E-state index contributed by atoms with van der Waals surface area (Å²) < 4.78 is 6.85. The molecular weight excluding hydrogens is 420 g/mol. The Kier molecular flexibility index (Phi) is 4.93. The summed E-state index contributed by atoms with van der Waals surface area (Å²) in [6, 6.07) is 0. The lowest BCUT2D eigenvalue weighted by atomic mass is 9.48. The van der Waals surface area contributed by atoms with Gasteiger partial charge in [0.1, 0.15) is 0 Å². The van der Waals surface area contributed by atoms with Gasteiger partial charge in [0, 0.05) is 11.8 Å². The third-order valence-corrected chi connectivity index (χ3v) is 12.9. The zero-order valence-corrected chi connectivity index (χ0v) is 21.7. The fourth-order valence-corrected chi connectivity index (χ4v) is 11.5. The second-order valence-electron chi connectivity index (χ2n) is 15.2. The molecule has 3 nitrogen and oxygen atoms in total. The van der Waals surface area contributed by atoms with Gasteiger partial charge in [0.2, 0.25) is 0 Å². The molecule has 0 aromatic heterocycles. The summed E-state index contributed by atoms with van der Waals surface area (Å²) in [5, 5.41) is 21.9. The first kappa shape index (κ1) is 22.8. The smallest absolute Gasteiger partial charge is 0.0957 e. The second kappa shape index (κ2) is 7.35. The average molecular weight is 469 g/mol. The first-order valence-electron chi connectivity index (χ1n) is 14.9. The maximum atomic E-state index is 11.6. The van der Waals surface area contributed by atoms with Crippen molar-refractivity contribution in [3.63, 3.8) is 0 Å². The summed E-state index contributed by atoms with van der Waals surface area (Å²) in [5.41, 5.74) is 1.89. The van der Waals surface area contributed by atoms with Gasteiger partial charge in [0.25, 0.3) is 0 Å². The standard InChI is InChI=1S/C31H48O3/c1-19-13-29(27-31(34-27)11-4-5-22(16-31)26-25(19)18-28(26,2)3)12-10-21(14-29)20-6-7-23-8-9-24(32)17-30(23,33)15-20/h20-27,32-33H,1,4-18H2,2-3H3. The largest absolute Gasteiger partial charge is 0.393 e. The minimum absolute atomic E-state index is 0.183. The van der Waals surface area contributed by atoms with Crippen LogP contribution in [0.1, 0.15) is 110 Å². The third-order valence-electron chi connectivity index (χ3n) is 12.9. The normalized spacial score (nSPS) is 57.9. The number of hydrogen-bond donors (Lipinski definition) is 2. The Morgan fingerprint density at radius 1 is 0.853 bits per heavy atom. The molecule has 11 atom stereocenters. The monoisotopic (exact) mass is 468 g/mol. The molecule has 0 amide bonds. The van der Waals surface area contributed by atoms with Crippen LogP contribution in [0.25, 0.3) is 0 Å². The predicted octanol–water partition coefficient (Wildman–Crippen LogP) is 6.42. The van der Waals surface area contributed by atoms with E-state index in [1.807, 2.05) is 0 Å². The quantitative estimate of drug-likeness (QED) is 0.345. The Balaban J connectivity index is 1.13. The number of rotatable bonds is 1. The number of hydrogen-bond acceptors (Lipinski definition) is 3. The number of aliphatic hydroxyl groups is 2. The molecule has 7 rings (SSSR count). The molecule has 6 saturated carbocycles. The Hall–Kier alpha value is -0.380. The molecule has 2 bridgehead atoms. The van der Waals surface area contributed by atoms with E-state index in [4.69, 9.17) is 11.3 Å². The van der Waals surface area contributed by atoms with Crippen molar-refractivity contribution < 1.29 is 14.9 Å². The van der Waals surface area contributed by atoms with E-state index < -0.39 is 5.60 Å². The molecular formula is C31H48O3. The fraction of sp³-hybridized carbons (Fsp3) is 0.935. The van der Waals surface area contributed by atoms with E-state index in [0.717, 1.165) is 43.4 Å². The summed E-state index contributed by atoms with van der Waals surface area (Å²) in [5.74, 6) is 4.14. The molecule has 190 valence electrons. The molecule has 3 heteroatoms. The van der Waals surface area contributed by atoms with Gasteiger partial charge in [-0.15, -0.1) is 0 Å². The van der Waals surface area contributed by atoms with Gasteiger partial charge in [-0.2, -0.15) is 0 Å². The predicted molar refractivity (Wildman–Crippen MR) is 134 cm³/mol. The highest BCUT2D eigenvalue weighted by molar-refractivity contribution is 5.25. The van der Waals surface area contributed by atoms with Crippen LogP contribution in [-0.2, 0) is 4.74 Å². The number of epoxide rings is 1. The van der Waals surface area contributed by atoms with Crippen molar-refractivity contribution in [3.05, 3.63) is 12.2 Å². The molecule has 1 aliphatic heterocycles. The fourth-order valence-electron chi connectivity index (χ4n) is 11.5. The molecule has 0 aromatic carbocycles. The van der Waals surface area contributed by atoms with Crippen LogP contribution in [0.5, 0.6) is 0 Å². The van der Waals surface area contributed by atoms with Crippen molar-refractivity contribution in [2.24, 2.45) is 46.3 Å². The number of ether oxygens (including phenoxy) is 1. The van der Waals surface area contributed by atoms with Crippen molar-refractivity contribution in [2.45, 2.75) is 134 Å². The minimum Gasteiger partial charge on any atom is -0.393 e. The first-order valence-corrected chi connectivity index (χ1v) is 14.9. The Labute approximate surface area is 207 Å². The van der Waals surface area contributed by atoms with Crippen LogP contribution >= 0.6 is 0 Å². The molecule has 34 heavy (non-hydrogen) atoms. The van der Waals surface area contributed by atoms with E-state index in [0.29, 0.717) is 41.1 Å². The maximum absolute atomic E-state index is 11.6. The van der Waals surface area contributed by atoms with Crippen LogP contribution in [-0.4, -0.2) is 33.6 Å². The number of fused-ring (bicyclic) bond motifs is 5.